The van der Waals surface area contributed by atoms with Gasteiger partial charge in [0, 0.05) is 17.1 Å². The topological polar surface area (TPSA) is 73.9 Å². The monoisotopic (exact) mass is 421 g/mol. The number of alkyl carbamates (subject to hydrolysis) is 1. The molecule has 0 aliphatic carbocycles. The van der Waals surface area contributed by atoms with Crippen molar-refractivity contribution in [2.45, 2.75) is 65.3 Å². The molecular weight excluding hydrogens is 392 g/mol. The van der Waals surface area contributed by atoms with Crippen molar-refractivity contribution in [3.8, 4) is 0 Å². The number of ether oxygens (including phenoxy) is 1. The van der Waals surface area contributed by atoms with Crippen LogP contribution in [-0.4, -0.2) is 42.8 Å². The number of aldehydes is 1. The maximum absolute atomic E-state index is 12.1. The van der Waals surface area contributed by atoms with E-state index in [2.05, 4.69) is 5.32 Å². The van der Waals surface area contributed by atoms with Gasteiger partial charge in [-0.2, -0.15) is 0 Å². The van der Waals surface area contributed by atoms with Gasteiger partial charge in [0.1, 0.15) is 5.60 Å². The molecule has 0 aromatic heterocycles. The molecule has 1 aromatic carbocycles. The van der Waals surface area contributed by atoms with E-state index in [1.54, 1.807) is 45.0 Å². The Labute approximate surface area is 178 Å². The molecular formula is C21H29BClNO5. The van der Waals surface area contributed by atoms with Crippen molar-refractivity contribution in [1.82, 2.24) is 5.32 Å². The van der Waals surface area contributed by atoms with Crippen molar-refractivity contribution in [3.63, 3.8) is 0 Å². The van der Waals surface area contributed by atoms with Crippen LogP contribution in [0.3, 0.4) is 0 Å². The molecule has 1 aliphatic heterocycles. The molecule has 0 radical (unpaired) electrons. The van der Waals surface area contributed by atoms with Gasteiger partial charge in [-0.15, -0.1) is 0 Å². The lowest BCUT2D eigenvalue weighted by atomic mass is 9.76. The fourth-order valence-corrected chi connectivity index (χ4v) is 2.84. The van der Waals surface area contributed by atoms with E-state index < -0.39 is 30.0 Å². The van der Waals surface area contributed by atoms with E-state index in [9.17, 15) is 9.59 Å². The first-order chi connectivity index (χ1) is 13.2. The summed E-state index contributed by atoms with van der Waals surface area (Å²) in [6.07, 6.45) is 1.96. The summed E-state index contributed by atoms with van der Waals surface area (Å²) in [5.74, 6) is 0. The first-order valence-corrected chi connectivity index (χ1v) is 9.89. The van der Waals surface area contributed by atoms with Gasteiger partial charge in [-0.3, -0.25) is 4.79 Å². The number of nitrogens with one attached hydrogen (secondary N) is 1. The van der Waals surface area contributed by atoms with Crippen LogP contribution in [0.1, 0.15) is 64.4 Å². The molecule has 1 aromatic rings. The van der Waals surface area contributed by atoms with Gasteiger partial charge in [0.15, 0.2) is 6.29 Å². The van der Waals surface area contributed by atoms with Gasteiger partial charge in [-0.25, -0.2) is 4.79 Å². The molecule has 1 heterocycles. The number of carbonyl (C=O) groups is 2. The van der Waals surface area contributed by atoms with Gasteiger partial charge in [-0.05, 0) is 77.7 Å². The lowest BCUT2D eigenvalue weighted by molar-refractivity contribution is 0.00578. The highest BCUT2D eigenvalue weighted by molar-refractivity contribution is 6.56. The highest BCUT2D eigenvalue weighted by atomic mass is 35.5. The highest BCUT2D eigenvalue weighted by Crippen LogP contribution is 2.39. The lowest BCUT2D eigenvalue weighted by Crippen LogP contribution is -2.41. The van der Waals surface area contributed by atoms with Gasteiger partial charge in [-0.1, -0.05) is 17.7 Å². The van der Waals surface area contributed by atoms with Crippen molar-refractivity contribution < 1.29 is 23.6 Å². The zero-order valence-corrected chi connectivity index (χ0v) is 18.8. The van der Waals surface area contributed by atoms with Gasteiger partial charge < -0.3 is 19.4 Å². The Morgan fingerprint density at radius 3 is 2.28 bits per heavy atom. The maximum Gasteiger partial charge on any atom is 0.492 e. The average molecular weight is 422 g/mol. The third-order valence-electron chi connectivity index (χ3n) is 4.91. The molecule has 1 amide bonds. The van der Waals surface area contributed by atoms with Gasteiger partial charge in [0.2, 0.25) is 0 Å². The molecule has 0 bridgehead atoms. The first kappa shape index (κ1) is 23.5. The molecule has 1 N–H and O–H groups in total. The molecule has 1 fully saturated rings. The van der Waals surface area contributed by atoms with Crippen LogP contribution < -0.4 is 5.32 Å². The summed E-state index contributed by atoms with van der Waals surface area (Å²) in [6.45, 7) is 13.3. The van der Waals surface area contributed by atoms with Crippen LogP contribution in [0.4, 0.5) is 4.79 Å². The Morgan fingerprint density at radius 1 is 1.17 bits per heavy atom. The molecule has 8 heteroatoms. The largest absolute Gasteiger partial charge is 0.492 e. The fourth-order valence-electron chi connectivity index (χ4n) is 2.66. The number of amides is 1. The molecule has 0 saturated carbocycles. The van der Waals surface area contributed by atoms with Crippen LogP contribution in [0.15, 0.2) is 23.7 Å². The van der Waals surface area contributed by atoms with Crippen LogP contribution in [0, 0.1) is 0 Å². The predicted octanol–water partition coefficient (Wildman–Crippen LogP) is 4.69. The number of hydrogen-bond acceptors (Lipinski definition) is 5. The van der Waals surface area contributed by atoms with E-state index in [4.69, 9.17) is 25.6 Å². The van der Waals surface area contributed by atoms with Crippen LogP contribution in [0.2, 0.25) is 5.02 Å². The summed E-state index contributed by atoms with van der Waals surface area (Å²) in [5, 5.41) is 3.23. The average Bonchev–Trinajstić information content (AvgIpc) is 2.77. The van der Waals surface area contributed by atoms with E-state index >= 15 is 0 Å². The Hall–Kier alpha value is -1.83. The Bertz CT molecular complexity index is 798. The number of rotatable bonds is 5. The van der Waals surface area contributed by atoms with E-state index in [0.717, 1.165) is 6.29 Å². The number of halogens is 1. The first-order valence-electron chi connectivity index (χ1n) is 9.52. The van der Waals surface area contributed by atoms with Crippen LogP contribution in [0.5, 0.6) is 0 Å². The molecule has 29 heavy (non-hydrogen) atoms. The zero-order valence-electron chi connectivity index (χ0n) is 18.1. The quantitative estimate of drug-likeness (QED) is 0.551. The molecule has 2 rings (SSSR count). The fraction of sp³-hybridized carbons (Fsp3) is 0.524. The normalized spacial score (nSPS) is 18.5. The summed E-state index contributed by atoms with van der Waals surface area (Å²) in [4.78, 5) is 23.6. The van der Waals surface area contributed by atoms with Crippen molar-refractivity contribution in [2.75, 3.05) is 6.54 Å². The van der Waals surface area contributed by atoms with Crippen molar-refractivity contribution >= 4 is 37.2 Å². The van der Waals surface area contributed by atoms with E-state index in [1.165, 1.54) is 0 Å². The SMILES string of the molecule is CC(C)(C)OC(=O)NCC(=Cc1cc(Cl)ccc1C=O)B1OC(C)(C)C(C)(C)O1. The highest BCUT2D eigenvalue weighted by Gasteiger charge is 2.52. The lowest BCUT2D eigenvalue weighted by Gasteiger charge is -2.32. The molecule has 0 unspecified atom stereocenters. The van der Waals surface area contributed by atoms with Crippen molar-refractivity contribution in [1.29, 1.82) is 0 Å². The Balaban J connectivity index is 2.35. The van der Waals surface area contributed by atoms with E-state index in [0.29, 0.717) is 21.6 Å². The Morgan fingerprint density at radius 2 is 1.76 bits per heavy atom. The number of hydrogen-bond donors (Lipinski definition) is 1. The van der Waals surface area contributed by atoms with Crippen LogP contribution in [-0.2, 0) is 14.0 Å². The summed E-state index contributed by atoms with van der Waals surface area (Å²) < 4.78 is 17.6. The second-order valence-corrected chi connectivity index (χ2v) is 9.49. The molecule has 0 spiro atoms. The van der Waals surface area contributed by atoms with Gasteiger partial charge >= 0.3 is 13.2 Å². The summed E-state index contributed by atoms with van der Waals surface area (Å²) in [7, 11) is -0.701. The summed E-state index contributed by atoms with van der Waals surface area (Å²) >= 11 is 6.11. The summed E-state index contributed by atoms with van der Waals surface area (Å²) in [5.41, 5.74) is 0.00838. The van der Waals surface area contributed by atoms with Crippen LogP contribution in [0.25, 0.3) is 6.08 Å². The standard InChI is InChI=1S/C21H29BClNO5/c1-19(2,3)27-18(26)24-12-16(22-28-20(4,5)21(6,7)29-22)10-15-11-17(23)9-8-14(15)13-25/h8-11,13H,12H2,1-7H3,(H,24,26). The number of benzene rings is 1. The van der Waals surface area contributed by atoms with E-state index in [1.807, 2.05) is 27.7 Å². The van der Waals surface area contributed by atoms with Crippen LogP contribution >= 0.6 is 11.6 Å². The van der Waals surface area contributed by atoms with Gasteiger partial charge in [0.05, 0.1) is 11.2 Å². The molecule has 1 aliphatic rings. The molecule has 158 valence electrons. The number of carbonyl (C=O) groups excluding carboxylic acids is 2. The van der Waals surface area contributed by atoms with E-state index in [-0.39, 0.29) is 6.54 Å². The molecule has 6 nitrogen and oxygen atoms in total. The Kier molecular flexibility index (Phi) is 6.88. The third-order valence-corrected chi connectivity index (χ3v) is 5.14. The summed E-state index contributed by atoms with van der Waals surface area (Å²) in [6, 6.07) is 4.98. The maximum atomic E-state index is 12.1. The minimum atomic E-state index is -0.701. The van der Waals surface area contributed by atoms with Crippen molar-refractivity contribution in [2.24, 2.45) is 0 Å². The predicted molar refractivity (Wildman–Crippen MR) is 115 cm³/mol. The molecule has 0 atom stereocenters. The zero-order chi connectivity index (χ0) is 22.0. The minimum absolute atomic E-state index is 0.122. The minimum Gasteiger partial charge on any atom is -0.444 e. The second kappa shape index (κ2) is 8.50. The van der Waals surface area contributed by atoms with Gasteiger partial charge in [0.25, 0.3) is 0 Å². The third kappa shape index (κ3) is 6.08. The molecule has 1 saturated heterocycles. The smallest absolute Gasteiger partial charge is 0.444 e. The van der Waals surface area contributed by atoms with Crippen molar-refractivity contribution in [3.05, 3.63) is 39.8 Å². The second-order valence-electron chi connectivity index (χ2n) is 9.05.